The van der Waals surface area contributed by atoms with Crippen molar-refractivity contribution in [3.8, 4) is 0 Å². The lowest BCUT2D eigenvalue weighted by molar-refractivity contribution is 0.190. The van der Waals surface area contributed by atoms with Crippen molar-refractivity contribution in [2.24, 2.45) is 0 Å². The van der Waals surface area contributed by atoms with Crippen LogP contribution in [0.2, 0.25) is 0 Å². The molecule has 0 aliphatic carbocycles. The number of rotatable bonds is 10. The Morgan fingerprint density at radius 2 is 1.80 bits per heavy atom. The summed E-state index contributed by atoms with van der Waals surface area (Å²) >= 11 is 3.65. The molecular weight excluding hydrogens is 320 g/mol. The van der Waals surface area contributed by atoms with Crippen molar-refractivity contribution in [3.63, 3.8) is 0 Å². The van der Waals surface area contributed by atoms with Gasteiger partial charge in [-0.05, 0) is 24.2 Å². The van der Waals surface area contributed by atoms with Crippen LogP contribution in [0.25, 0.3) is 0 Å². The first-order valence-electron chi connectivity index (χ1n) is 6.94. The van der Waals surface area contributed by atoms with Crippen molar-refractivity contribution < 1.29 is 9.47 Å². The highest BCUT2D eigenvalue weighted by Crippen LogP contribution is 2.24. The summed E-state index contributed by atoms with van der Waals surface area (Å²) in [6.45, 7) is 7.10. The zero-order chi connectivity index (χ0) is 14.8. The summed E-state index contributed by atoms with van der Waals surface area (Å²) in [5.74, 6) is 0. The minimum absolute atomic E-state index is 0.709. The van der Waals surface area contributed by atoms with Gasteiger partial charge in [-0.15, -0.1) is 0 Å². The van der Waals surface area contributed by atoms with Gasteiger partial charge in [0.15, 0.2) is 0 Å². The second-order valence-corrected chi connectivity index (χ2v) is 5.38. The lowest BCUT2D eigenvalue weighted by Gasteiger charge is -2.25. The molecule has 0 amide bonds. The number of ether oxygens (including phenoxy) is 2. The molecule has 0 heterocycles. The molecule has 20 heavy (non-hydrogen) atoms. The monoisotopic (exact) mass is 344 g/mol. The van der Waals surface area contributed by atoms with E-state index in [4.69, 9.17) is 9.47 Å². The minimum atomic E-state index is 0.709. The first kappa shape index (κ1) is 17.4. The molecule has 0 aliphatic rings. The lowest BCUT2D eigenvalue weighted by atomic mass is 10.2. The molecule has 0 saturated heterocycles. The quantitative estimate of drug-likeness (QED) is 0.707. The molecule has 0 bridgehead atoms. The largest absolute Gasteiger partial charge is 0.383 e. The molecule has 1 aromatic rings. The molecule has 4 nitrogen and oxygen atoms in total. The van der Waals surface area contributed by atoms with Gasteiger partial charge in [-0.1, -0.05) is 28.9 Å². The van der Waals surface area contributed by atoms with Crippen LogP contribution in [0.3, 0.4) is 0 Å². The lowest BCUT2D eigenvalue weighted by Crippen LogP contribution is -2.30. The van der Waals surface area contributed by atoms with Gasteiger partial charge in [0.25, 0.3) is 0 Å². The van der Waals surface area contributed by atoms with Crippen molar-refractivity contribution in [3.05, 3.63) is 28.2 Å². The molecule has 1 N–H and O–H groups in total. The van der Waals surface area contributed by atoms with E-state index in [2.05, 4.69) is 51.3 Å². The predicted molar refractivity (Wildman–Crippen MR) is 87.5 cm³/mol. The number of anilines is 1. The van der Waals surface area contributed by atoms with Crippen molar-refractivity contribution >= 4 is 21.6 Å². The van der Waals surface area contributed by atoms with Crippen LogP contribution in [0.4, 0.5) is 5.69 Å². The number of hydrogen-bond donors (Lipinski definition) is 1. The topological polar surface area (TPSA) is 33.7 Å². The van der Waals surface area contributed by atoms with Gasteiger partial charge in [-0.25, -0.2) is 0 Å². The Labute approximate surface area is 130 Å². The van der Waals surface area contributed by atoms with Crippen LogP contribution in [0, 0.1) is 0 Å². The fourth-order valence-electron chi connectivity index (χ4n) is 1.91. The standard InChI is InChI=1S/C15H25BrN2O2/c1-4-17-12-13-5-6-14(11-15(13)16)18(7-9-19-2)8-10-20-3/h5-6,11,17H,4,7-10,12H2,1-3H3. The highest BCUT2D eigenvalue weighted by atomic mass is 79.9. The van der Waals surface area contributed by atoms with E-state index in [0.29, 0.717) is 13.2 Å². The van der Waals surface area contributed by atoms with Gasteiger partial charge in [-0.3, -0.25) is 0 Å². The smallest absolute Gasteiger partial charge is 0.0637 e. The Kier molecular flexibility index (Phi) is 8.85. The number of nitrogens with one attached hydrogen (secondary N) is 1. The van der Waals surface area contributed by atoms with Gasteiger partial charge in [0.05, 0.1) is 13.2 Å². The Balaban J connectivity index is 2.76. The second kappa shape index (κ2) is 10.2. The van der Waals surface area contributed by atoms with Crippen LogP contribution in [0.1, 0.15) is 12.5 Å². The van der Waals surface area contributed by atoms with E-state index in [9.17, 15) is 0 Å². The average Bonchev–Trinajstić information content (AvgIpc) is 2.46. The number of hydrogen-bond acceptors (Lipinski definition) is 4. The summed E-state index contributed by atoms with van der Waals surface area (Å²) in [5, 5.41) is 3.34. The fraction of sp³-hybridized carbons (Fsp3) is 0.600. The maximum Gasteiger partial charge on any atom is 0.0637 e. The molecule has 0 unspecified atom stereocenters. The van der Waals surface area contributed by atoms with Gasteiger partial charge < -0.3 is 19.7 Å². The molecule has 0 saturated carbocycles. The van der Waals surface area contributed by atoms with E-state index in [1.807, 2.05) is 0 Å². The Hall–Kier alpha value is -0.620. The van der Waals surface area contributed by atoms with Crippen LogP contribution in [0.15, 0.2) is 22.7 Å². The molecule has 1 rings (SSSR count). The van der Waals surface area contributed by atoms with E-state index in [-0.39, 0.29) is 0 Å². The van der Waals surface area contributed by atoms with E-state index in [1.165, 1.54) is 11.3 Å². The van der Waals surface area contributed by atoms with Crippen molar-refractivity contribution in [2.75, 3.05) is 52.0 Å². The summed E-state index contributed by atoms with van der Waals surface area (Å²) in [5.41, 5.74) is 2.46. The molecule has 0 atom stereocenters. The molecule has 0 aliphatic heterocycles. The molecule has 0 fully saturated rings. The summed E-state index contributed by atoms with van der Waals surface area (Å²) in [6.07, 6.45) is 0. The molecule has 5 heteroatoms. The molecule has 0 radical (unpaired) electrons. The summed E-state index contributed by atoms with van der Waals surface area (Å²) < 4.78 is 11.5. The summed E-state index contributed by atoms with van der Waals surface area (Å²) in [7, 11) is 3.45. The third-order valence-corrected chi connectivity index (χ3v) is 3.84. The average molecular weight is 345 g/mol. The van der Waals surface area contributed by atoms with Gasteiger partial charge >= 0.3 is 0 Å². The normalized spacial score (nSPS) is 10.8. The first-order chi connectivity index (χ1) is 9.72. The SMILES string of the molecule is CCNCc1ccc(N(CCOC)CCOC)cc1Br. The van der Waals surface area contributed by atoms with Crippen LogP contribution >= 0.6 is 15.9 Å². The van der Waals surface area contributed by atoms with E-state index >= 15 is 0 Å². The van der Waals surface area contributed by atoms with E-state index < -0.39 is 0 Å². The maximum absolute atomic E-state index is 5.18. The number of methoxy groups -OCH3 is 2. The zero-order valence-electron chi connectivity index (χ0n) is 12.6. The summed E-state index contributed by atoms with van der Waals surface area (Å²) in [6, 6.07) is 6.48. The first-order valence-corrected chi connectivity index (χ1v) is 7.74. The van der Waals surface area contributed by atoms with Crippen LogP contribution in [-0.2, 0) is 16.0 Å². The van der Waals surface area contributed by atoms with Crippen LogP contribution in [0.5, 0.6) is 0 Å². The highest BCUT2D eigenvalue weighted by molar-refractivity contribution is 9.10. The second-order valence-electron chi connectivity index (χ2n) is 4.53. The molecule has 0 aromatic heterocycles. The number of halogens is 1. The van der Waals surface area contributed by atoms with Crippen molar-refractivity contribution in [2.45, 2.75) is 13.5 Å². The van der Waals surface area contributed by atoms with Crippen molar-refractivity contribution in [1.29, 1.82) is 0 Å². The van der Waals surface area contributed by atoms with Crippen LogP contribution < -0.4 is 10.2 Å². The van der Waals surface area contributed by atoms with Crippen molar-refractivity contribution in [1.82, 2.24) is 5.32 Å². The third kappa shape index (κ3) is 5.79. The third-order valence-electron chi connectivity index (χ3n) is 3.10. The number of benzene rings is 1. The Morgan fingerprint density at radius 3 is 2.30 bits per heavy atom. The molecule has 114 valence electrons. The zero-order valence-corrected chi connectivity index (χ0v) is 14.2. The fourth-order valence-corrected chi connectivity index (χ4v) is 2.42. The minimum Gasteiger partial charge on any atom is -0.383 e. The van der Waals surface area contributed by atoms with Gasteiger partial charge in [0.2, 0.25) is 0 Å². The molecule has 0 spiro atoms. The molecular formula is C15H25BrN2O2. The highest BCUT2D eigenvalue weighted by Gasteiger charge is 2.08. The predicted octanol–water partition coefficient (Wildman–Crippen LogP) is 2.66. The Morgan fingerprint density at radius 1 is 1.15 bits per heavy atom. The number of nitrogens with zero attached hydrogens (tertiary/aromatic N) is 1. The van der Waals surface area contributed by atoms with E-state index in [0.717, 1.165) is 30.7 Å². The van der Waals surface area contributed by atoms with Gasteiger partial charge in [0, 0.05) is 44.0 Å². The molecule has 1 aromatic carbocycles. The van der Waals surface area contributed by atoms with Gasteiger partial charge in [0.1, 0.15) is 0 Å². The van der Waals surface area contributed by atoms with E-state index in [1.54, 1.807) is 14.2 Å². The summed E-state index contributed by atoms with van der Waals surface area (Å²) in [4.78, 5) is 2.27. The van der Waals surface area contributed by atoms with Crippen LogP contribution in [-0.4, -0.2) is 47.1 Å². The Bertz CT molecular complexity index is 380. The van der Waals surface area contributed by atoms with Gasteiger partial charge in [-0.2, -0.15) is 0 Å². The maximum atomic E-state index is 5.18.